The van der Waals surface area contributed by atoms with Gasteiger partial charge in [0, 0.05) is 66.1 Å². The van der Waals surface area contributed by atoms with E-state index in [1.54, 1.807) is 7.11 Å². The molecule has 4 saturated heterocycles. The number of likely N-dealkylation sites (tertiary alicyclic amines) is 2. The summed E-state index contributed by atoms with van der Waals surface area (Å²) in [4.78, 5) is 20.8. The van der Waals surface area contributed by atoms with Gasteiger partial charge in [0.15, 0.2) is 0 Å². The topological polar surface area (TPSA) is 138 Å². The van der Waals surface area contributed by atoms with Crippen LogP contribution >= 0.6 is 0 Å². The molecule has 12 nitrogen and oxygen atoms in total. The number of hydrogen-bond donors (Lipinski definition) is 4. The highest BCUT2D eigenvalue weighted by molar-refractivity contribution is 5.72. The third kappa shape index (κ3) is 46.3. The zero-order valence-corrected chi connectivity index (χ0v) is 45.7. The number of nitrogens with zero attached hydrogens (tertiary/aromatic N) is 5. The number of methoxy groups -OCH3 is 1. The summed E-state index contributed by atoms with van der Waals surface area (Å²) >= 11 is 0. The molecule has 6 fully saturated rings. The van der Waals surface area contributed by atoms with Crippen LogP contribution in [0.15, 0.2) is 0 Å². The standard InChI is InChI=1S/C9H19NO.C7H15NO.C7H15N.C6H13N.2C6H9N.C5H9F3O.C4H9NO.C3H8O/c1-9-3-5-10(6-4-9)7-8-11-2;1-2-3-8-4-6-9-7-5-8;1-7-3-5-8(2)6-4-7;1-6-2-4-7-5-3-6;1-6(5-7)3-2-4-6;1-3-6(7-2)4-5-6;1-2-4(9)3-5(6,7)8;1-3-5-4(2)6;1-2-3-4/h9H,3-8H2,1-2H3;2-7H2,1H3;7H,3-6H2,1-2H3;6-7H,2-5H2,1H3;2-4H2,1H3;3-5H2,1H3;4,9H,2-3H2,1H3;3H2,1-2H3,(H,5,6);4H,2-3H2,1H3. The van der Waals surface area contributed by atoms with E-state index in [-0.39, 0.29) is 23.3 Å². The second-order valence-electron chi connectivity index (χ2n) is 19.8. The third-order valence-electron chi connectivity index (χ3n) is 12.8. The molecular weight excluding hydrogens is 872 g/mol. The number of carbonyl (C=O) groups excluding carboxylic acids is 1. The van der Waals surface area contributed by atoms with Gasteiger partial charge in [0.1, 0.15) is 0 Å². The molecule has 0 spiro atoms. The predicted molar refractivity (Wildman–Crippen MR) is 277 cm³/mol. The summed E-state index contributed by atoms with van der Waals surface area (Å²) in [7, 11) is 3.97. The summed E-state index contributed by atoms with van der Waals surface area (Å²) in [6.45, 7) is 42.9. The van der Waals surface area contributed by atoms with Crippen LogP contribution in [0.4, 0.5) is 13.2 Å². The molecule has 2 saturated carbocycles. The summed E-state index contributed by atoms with van der Waals surface area (Å²) in [6.07, 6.45) is 10.8. The van der Waals surface area contributed by atoms with Gasteiger partial charge in [0.05, 0.1) is 43.8 Å². The number of morpholine rings is 1. The Morgan fingerprint density at radius 3 is 1.60 bits per heavy atom. The molecule has 1 atom stereocenters. The Kier molecular flexibility index (Phi) is 46.3. The molecule has 0 bridgehead atoms. The summed E-state index contributed by atoms with van der Waals surface area (Å²) in [5, 5.41) is 30.6. The molecule has 15 heteroatoms. The lowest BCUT2D eigenvalue weighted by molar-refractivity contribution is -0.153. The van der Waals surface area contributed by atoms with Gasteiger partial charge < -0.3 is 45.0 Å². The van der Waals surface area contributed by atoms with E-state index in [2.05, 4.69) is 77.9 Å². The van der Waals surface area contributed by atoms with Crippen LogP contribution in [0.5, 0.6) is 0 Å². The fourth-order valence-corrected chi connectivity index (χ4v) is 6.92. The van der Waals surface area contributed by atoms with Gasteiger partial charge in [-0.3, -0.25) is 9.69 Å². The molecule has 2 aliphatic carbocycles. The summed E-state index contributed by atoms with van der Waals surface area (Å²) in [5.74, 6) is 2.93. The van der Waals surface area contributed by atoms with Crippen molar-refractivity contribution in [3.8, 4) is 6.07 Å². The number of ether oxygens (including phenoxy) is 2. The van der Waals surface area contributed by atoms with Crippen LogP contribution in [0.1, 0.15) is 172 Å². The highest BCUT2D eigenvalue weighted by Gasteiger charge is 2.48. The van der Waals surface area contributed by atoms with Crippen LogP contribution in [-0.4, -0.2) is 161 Å². The van der Waals surface area contributed by atoms with Crippen molar-refractivity contribution in [1.29, 1.82) is 5.26 Å². The van der Waals surface area contributed by atoms with Crippen molar-refractivity contribution in [3.63, 3.8) is 0 Å². The fourth-order valence-electron chi connectivity index (χ4n) is 6.92. The normalized spacial score (nSPS) is 20.5. The summed E-state index contributed by atoms with van der Waals surface area (Å²) in [6, 6.07) is 2.28. The number of amides is 1. The third-order valence-corrected chi connectivity index (χ3v) is 12.8. The van der Waals surface area contributed by atoms with Gasteiger partial charge in [-0.05, 0) is 155 Å². The van der Waals surface area contributed by atoms with Crippen LogP contribution < -0.4 is 10.6 Å². The number of alkyl halides is 3. The van der Waals surface area contributed by atoms with Crippen LogP contribution in [-0.2, 0) is 14.3 Å². The Bertz CT molecular complexity index is 1170. The molecule has 0 aromatic carbocycles. The Morgan fingerprint density at radius 1 is 0.882 bits per heavy atom. The average molecular weight is 978 g/mol. The van der Waals surface area contributed by atoms with Crippen molar-refractivity contribution >= 4 is 5.91 Å². The molecule has 1 unspecified atom stereocenters. The lowest BCUT2D eigenvalue weighted by Crippen LogP contribution is -2.36. The van der Waals surface area contributed by atoms with E-state index < -0.39 is 18.7 Å². The molecule has 4 N–H and O–H groups in total. The first-order chi connectivity index (χ1) is 32.2. The number of halogens is 3. The lowest BCUT2D eigenvalue weighted by atomic mass is 9.72. The van der Waals surface area contributed by atoms with Crippen molar-refractivity contribution in [2.24, 2.45) is 23.2 Å². The van der Waals surface area contributed by atoms with Crippen molar-refractivity contribution in [1.82, 2.24) is 25.3 Å². The summed E-state index contributed by atoms with van der Waals surface area (Å²) < 4.78 is 44.2. The number of nitrogens with one attached hydrogen (secondary N) is 2. The highest BCUT2D eigenvalue weighted by Crippen LogP contribution is 2.42. The highest BCUT2D eigenvalue weighted by atomic mass is 19.4. The van der Waals surface area contributed by atoms with Gasteiger partial charge in [-0.15, -0.1) is 0 Å². The first-order valence-electron chi connectivity index (χ1n) is 26.5. The zero-order valence-electron chi connectivity index (χ0n) is 45.7. The smallest absolute Gasteiger partial charge is 0.391 e. The molecule has 6 rings (SSSR count). The van der Waals surface area contributed by atoms with Gasteiger partial charge in [-0.25, -0.2) is 6.57 Å². The fraction of sp³-hybridized carbons (Fsp3) is 0.943. The van der Waals surface area contributed by atoms with Crippen LogP contribution in [0.25, 0.3) is 4.85 Å². The number of rotatable bonds is 10. The van der Waals surface area contributed by atoms with Gasteiger partial charge in [-0.2, -0.15) is 18.4 Å². The van der Waals surface area contributed by atoms with Crippen LogP contribution in [0, 0.1) is 41.1 Å². The molecule has 404 valence electrons. The van der Waals surface area contributed by atoms with E-state index in [9.17, 15) is 18.0 Å². The number of aliphatic hydroxyl groups is 2. The number of piperidine rings is 3. The van der Waals surface area contributed by atoms with Crippen molar-refractivity contribution < 1.29 is 37.7 Å². The van der Waals surface area contributed by atoms with E-state index in [0.717, 1.165) is 102 Å². The van der Waals surface area contributed by atoms with Gasteiger partial charge in [0.2, 0.25) is 11.4 Å². The van der Waals surface area contributed by atoms with Crippen molar-refractivity contribution in [3.05, 3.63) is 11.4 Å². The Hall–Kier alpha value is -2.08. The predicted octanol–water partition coefficient (Wildman–Crippen LogP) is 10.2. The van der Waals surface area contributed by atoms with Gasteiger partial charge in [0.25, 0.3) is 0 Å². The molecular formula is C53H106F3N7O5. The SMILES string of the molecule is CC1(C#N)CCC1.CC1CCN(C)CC1.CC1CCNCC1.CCC(O)CC(F)(F)F.CCCN1CCOCC1.CCCO.CCNC(C)=O.COCCN1CCC(C)CC1.[C-]#[N+]C1(CC)CC1. The molecule has 68 heavy (non-hydrogen) atoms. The van der Waals surface area contributed by atoms with E-state index in [0.29, 0.717) is 6.61 Å². The maximum Gasteiger partial charge on any atom is 0.391 e. The lowest BCUT2D eigenvalue weighted by Gasteiger charge is -2.30. The van der Waals surface area contributed by atoms with Crippen molar-refractivity contribution in [2.45, 2.75) is 190 Å². The van der Waals surface area contributed by atoms with E-state index in [1.807, 2.05) is 20.8 Å². The number of carbonyl (C=O) groups is 1. The minimum Gasteiger partial charge on any atom is -0.396 e. The first-order valence-corrected chi connectivity index (χ1v) is 26.5. The molecule has 4 heterocycles. The van der Waals surface area contributed by atoms with E-state index >= 15 is 0 Å². The molecule has 1 amide bonds. The maximum absolute atomic E-state index is 11.3. The molecule has 0 aromatic rings. The first kappa shape index (κ1) is 70.2. The Balaban J connectivity index is -0.000000706. The van der Waals surface area contributed by atoms with E-state index in [1.165, 1.54) is 111 Å². The minimum atomic E-state index is -4.23. The average Bonchev–Trinajstić information content (AvgIpc) is 4.12. The second-order valence-corrected chi connectivity index (χ2v) is 19.8. The Morgan fingerprint density at radius 2 is 1.37 bits per heavy atom. The second kappa shape index (κ2) is 44.8. The van der Waals surface area contributed by atoms with Crippen LogP contribution in [0.2, 0.25) is 0 Å². The van der Waals surface area contributed by atoms with Gasteiger partial charge in [-0.1, -0.05) is 54.9 Å². The largest absolute Gasteiger partial charge is 0.396 e. The van der Waals surface area contributed by atoms with Crippen molar-refractivity contribution in [2.75, 3.05) is 113 Å². The Labute approximate surface area is 416 Å². The maximum atomic E-state index is 11.3. The number of hydrogen-bond acceptors (Lipinski definition) is 10. The van der Waals surface area contributed by atoms with Gasteiger partial charge >= 0.3 is 6.18 Å². The molecule has 6 aliphatic rings. The van der Waals surface area contributed by atoms with E-state index in [4.69, 9.17) is 31.5 Å². The summed E-state index contributed by atoms with van der Waals surface area (Å²) in [5.41, 5.74) is 0.194. The molecule has 0 aromatic heterocycles. The quantitative estimate of drug-likeness (QED) is 0.157. The van der Waals surface area contributed by atoms with Crippen LogP contribution in [0.3, 0.4) is 0 Å². The number of nitriles is 1. The molecule has 0 radical (unpaired) electrons. The molecule has 4 aliphatic heterocycles. The number of aliphatic hydroxyl groups excluding tert-OH is 2. The minimum absolute atomic E-state index is 0.0394. The monoisotopic (exact) mass is 978 g/mol. The zero-order chi connectivity index (χ0) is 52.3.